The Balaban J connectivity index is 1.72. The first-order valence-electron chi connectivity index (χ1n) is 8.55. The number of nitrogens with two attached hydrogens (primary N) is 1. The number of hydrogen-bond donors (Lipinski definition) is 2. The summed E-state index contributed by atoms with van der Waals surface area (Å²) in [7, 11) is 0. The van der Waals surface area contributed by atoms with Crippen LogP contribution in [0.15, 0.2) is 24.3 Å². The van der Waals surface area contributed by atoms with Gasteiger partial charge >= 0.3 is 0 Å². The molecule has 1 aromatic carbocycles. The summed E-state index contributed by atoms with van der Waals surface area (Å²) < 4.78 is 0. The van der Waals surface area contributed by atoms with E-state index in [2.05, 4.69) is 5.32 Å². The number of hydrogen-bond acceptors (Lipinski definition) is 3. The molecule has 6 heteroatoms. The molecule has 1 aliphatic carbocycles. The van der Waals surface area contributed by atoms with E-state index in [9.17, 15) is 14.4 Å². The number of anilines is 1. The Morgan fingerprint density at radius 1 is 1.04 bits per heavy atom. The van der Waals surface area contributed by atoms with Crippen molar-refractivity contribution >= 4 is 23.4 Å². The lowest BCUT2D eigenvalue weighted by Crippen LogP contribution is -2.58. The fourth-order valence-corrected chi connectivity index (χ4v) is 3.59. The fraction of sp³-hybridized carbons (Fsp3) is 0.500. The number of amides is 3. The molecule has 6 nitrogen and oxygen atoms in total. The molecular formula is C18H23N3O3. The molecule has 0 aromatic heterocycles. The zero-order valence-electron chi connectivity index (χ0n) is 13.7. The van der Waals surface area contributed by atoms with Crippen molar-refractivity contribution in [2.75, 3.05) is 11.4 Å². The van der Waals surface area contributed by atoms with E-state index >= 15 is 0 Å². The highest BCUT2D eigenvalue weighted by molar-refractivity contribution is 6.00. The van der Waals surface area contributed by atoms with E-state index in [-0.39, 0.29) is 11.8 Å². The summed E-state index contributed by atoms with van der Waals surface area (Å²) >= 11 is 0. The first kappa shape index (κ1) is 16.5. The number of benzene rings is 1. The third-order valence-corrected chi connectivity index (χ3v) is 5.05. The molecule has 0 spiro atoms. The van der Waals surface area contributed by atoms with Crippen molar-refractivity contribution in [3.8, 4) is 0 Å². The van der Waals surface area contributed by atoms with Gasteiger partial charge < -0.3 is 16.0 Å². The van der Waals surface area contributed by atoms with Gasteiger partial charge in [0.15, 0.2) is 0 Å². The van der Waals surface area contributed by atoms with Crippen molar-refractivity contribution in [2.24, 2.45) is 5.73 Å². The molecule has 1 saturated heterocycles. The van der Waals surface area contributed by atoms with Gasteiger partial charge in [0.25, 0.3) is 5.91 Å². The monoisotopic (exact) mass is 329 g/mol. The Hall–Kier alpha value is -2.37. The van der Waals surface area contributed by atoms with Crippen LogP contribution in [0.1, 0.15) is 55.3 Å². The van der Waals surface area contributed by atoms with Gasteiger partial charge in [-0.3, -0.25) is 14.4 Å². The molecule has 3 rings (SSSR count). The summed E-state index contributed by atoms with van der Waals surface area (Å²) in [5, 5.41) is 2.85. The summed E-state index contributed by atoms with van der Waals surface area (Å²) in [6.07, 6.45) is 5.45. The molecule has 24 heavy (non-hydrogen) atoms. The molecule has 2 aliphatic rings. The maximum absolute atomic E-state index is 12.5. The number of primary amides is 1. The Morgan fingerprint density at radius 2 is 1.71 bits per heavy atom. The summed E-state index contributed by atoms with van der Waals surface area (Å²) in [6.45, 7) is 0.717. The van der Waals surface area contributed by atoms with Crippen LogP contribution >= 0.6 is 0 Å². The van der Waals surface area contributed by atoms with Crippen LogP contribution in [-0.2, 0) is 9.59 Å². The second-order valence-electron chi connectivity index (χ2n) is 6.66. The lowest BCUT2D eigenvalue weighted by atomic mass is 9.81. The van der Waals surface area contributed by atoms with E-state index in [0.717, 1.165) is 37.9 Å². The Labute approximate surface area is 141 Å². The summed E-state index contributed by atoms with van der Waals surface area (Å²) in [6, 6.07) is 6.92. The molecule has 0 radical (unpaired) electrons. The van der Waals surface area contributed by atoms with Crippen LogP contribution in [-0.4, -0.2) is 29.8 Å². The zero-order valence-corrected chi connectivity index (χ0v) is 13.7. The number of nitrogens with one attached hydrogen (secondary N) is 1. The third kappa shape index (κ3) is 3.13. The average Bonchev–Trinajstić information content (AvgIpc) is 3.02. The zero-order chi connectivity index (χ0) is 17.2. The average molecular weight is 329 g/mol. The largest absolute Gasteiger partial charge is 0.368 e. The Bertz CT molecular complexity index is 648. The predicted molar refractivity (Wildman–Crippen MR) is 90.5 cm³/mol. The van der Waals surface area contributed by atoms with Gasteiger partial charge in [0, 0.05) is 24.2 Å². The molecule has 2 fully saturated rings. The molecule has 1 aliphatic heterocycles. The molecule has 1 saturated carbocycles. The van der Waals surface area contributed by atoms with Gasteiger partial charge in [-0.05, 0) is 43.5 Å². The quantitative estimate of drug-likeness (QED) is 0.881. The van der Waals surface area contributed by atoms with Crippen molar-refractivity contribution in [1.29, 1.82) is 0 Å². The topological polar surface area (TPSA) is 92.5 Å². The maximum atomic E-state index is 12.5. The van der Waals surface area contributed by atoms with Crippen molar-refractivity contribution in [3.05, 3.63) is 29.8 Å². The molecule has 0 bridgehead atoms. The van der Waals surface area contributed by atoms with Crippen LogP contribution in [0.5, 0.6) is 0 Å². The summed E-state index contributed by atoms with van der Waals surface area (Å²) in [4.78, 5) is 37.9. The molecule has 1 heterocycles. The SMILES string of the molecule is NC(=O)C1(NC(=O)c2ccc(N3CCCC3=O)cc2)CCCCC1. The van der Waals surface area contributed by atoms with Crippen LogP contribution < -0.4 is 16.0 Å². The smallest absolute Gasteiger partial charge is 0.252 e. The second kappa shape index (κ2) is 6.63. The van der Waals surface area contributed by atoms with Crippen molar-refractivity contribution < 1.29 is 14.4 Å². The Kier molecular flexibility index (Phi) is 4.55. The molecular weight excluding hydrogens is 306 g/mol. The van der Waals surface area contributed by atoms with Crippen LogP contribution in [0.2, 0.25) is 0 Å². The lowest BCUT2D eigenvalue weighted by molar-refractivity contribution is -0.125. The van der Waals surface area contributed by atoms with E-state index in [1.807, 2.05) is 0 Å². The molecule has 3 N–H and O–H groups in total. The normalized spacial score (nSPS) is 20.0. The Morgan fingerprint density at radius 3 is 2.25 bits per heavy atom. The van der Waals surface area contributed by atoms with Gasteiger partial charge in [-0.15, -0.1) is 0 Å². The van der Waals surface area contributed by atoms with Gasteiger partial charge in [0.2, 0.25) is 11.8 Å². The molecule has 0 unspecified atom stereocenters. The highest BCUT2D eigenvalue weighted by atomic mass is 16.2. The molecule has 1 aromatic rings. The van der Waals surface area contributed by atoms with Crippen molar-refractivity contribution in [3.63, 3.8) is 0 Å². The van der Waals surface area contributed by atoms with Crippen LogP contribution in [0.3, 0.4) is 0 Å². The molecule has 0 atom stereocenters. The van der Waals surface area contributed by atoms with Gasteiger partial charge in [-0.2, -0.15) is 0 Å². The van der Waals surface area contributed by atoms with Gasteiger partial charge in [0.05, 0.1) is 0 Å². The van der Waals surface area contributed by atoms with E-state index in [1.54, 1.807) is 29.2 Å². The minimum atomic E-state index is -0.932. The lowest BCUT2D eigenvalue weighted by Gasteiger charge is -2.35. The van der Waals surface area contributed by atoms with Crippen LogP contribution in [0.4, 0.5) is 5.69 Å². The van der Waals surface area contributed by atoms with Gasteiger partial charge in [-0.25, -0.2) is 0 Å². The van der Waals surface area contributed by atoms with E-state index in [4.69, 9.17) is 5.73 Å². The minimum Gasteiger partial charge on any atom is -0.368 e. The number of carbonyl (C=O) groups excluding carboxylic acids is 3. The molecule has 128 valence electrons. The number of nitrogens with zero attached hydrogens (tertiary/aromatic N) is 1. The number of rotatable bonds is 4. The minimum absolute atomic E-state index is 0.113. The first-order valence-corrected chi connectivity index (χ1v) is 8.55. The second-order valence-corrected chi connectivity index (χ2v) is 6.66. The highest BCUT2D eigenvalue weighted by Gasteiger charge is 2.39. The van der Waals surface area contributed by atoms with E-state index < -0.39 is 11.4 Å². The van der Waals surface area contributed by atoms with Crippen molar-refractivity contribution in [1.82, 2.24) is 5.32 Å². The predicted octanol–water partition coefficient (Wildman–Crippen LogP) is 1.73. The van der Waals surface area contributed by atoms with Crippen molar-refractivity contribution in [2.45, 2.75) is 50.5 Å². The first-order chi connectivity index (χ1) is 11.5. The third-order valence-electron chi connectivity index (χ3n) is 5.05. The highest BCUT2D eigenvalue weighted by Crippen LogP contribution is 2.28. The summed E-state index contributed by atoms with van der Waals surface area (Å²) in [5.41, 5.74) is 5.89. The standard InChI is InChI=1S/C18H23N3O3/c19-17(24)18(10-2-1-3-11-18)20-16(23)13-6-8-14(9-7-13)21-12-4-5-15(21)22/h6-9H,1-5,10-12H2,(H2,19,24)(H,20,23). The van der Waals surface area contributed by atoms with Gasteiger partial charge in [-0.1, -0.05) is 19.3 Å². The summed E-state index contributed by atoms with van der Waals surface area (Å²) in [5.74, 6) is -0.646. The van der Waals surface area contributed by atoms with E-state index in [1.165, 1.54) is 0 Å². The maximum Gasteiger partial charge on any atom is 0.252 e. The van der Waals surface area contributed by atoms with Crippen LogP contribution in [0.25, 0.3) is 0 Å². The molecule has 3 amide bonds. The fourth-order valence-electron chi connectivity index (χ4n) is 3.59. The van der Waals surface area contributed by atoms with Crippen LogP contribution in [0, 0.1) is 0 Å². The van der Waals surface area contributed by atoms with E-state index in [0.29, 0.717) is 24.8 Å². The number of carbonyl (C=O) groups is 3. The van der Waals surface area contributed by atoms with Gasteiger partial charge in [0.1, 0.15) is 5.54 Å².